The third-order valence-electron chi connectivity index (χ3n) is 3.91. The van der Waals surface area contributed by atoms with Gasteiger partial charge in [0.15, 0.2) is 5.69 Å². The molecule has 3 aromatic rings. The Kier molecular flexibility index (Phi) is 4.84. The maximum atomic E-state index is 12.5. The van der Waals surface area contributed by atoms with E-state index in [0.717, 1.165) is 16.9 Å². The van der Waals surface area contributed by atoms with Crippen molar-refractivity contribution in [2.75, 3.05) is 5.32 Å². The van der Waals surface area contributed by atoms with Crippen molar-refractivity contribution >= 4 is 11.6 Å². The molecule has 0 aliphatic rings. The van der Waals surface area contributed by atoms with Crippen LogP contribution >= 0.6 is 0 Å². The van der Waals surface area contributed by atoms with Crippen LogP contribution in [-0.2, 0) is 6.61 Å². The van der Waals surface area contributed by atoms with Gasteiger partial charge in [-0.05, 0) is 45.0 Å². The summed E-state index contributed by atoms with van der Waals surface area (Å²) in [7, 11) is 0. The van der Waals surface area contributed by atoms with Gasteiger partial charge in [-0.25, -0.2) is 0 Å². The number of ether oxygens (including phenoxy) is 1. The second-order valence-corrected chi connectivity index (χ2v) is 5.99. The zero-order valence-electron chi connectivity index (χ0n) is 14.5. The number of carbonyl (C=O) groups is 1. The molecule has 0 saturated heterocycles. The molecule has 0 unspecified atom stereocenters. The SMILES string of the molecule is Cc1ccc(NC(=O)c2noc(C)c2COc2ccc(C)cc2)cc1. The summed E-state index contributed by atoms with van der Waals surface area (Å²) < 4.78 is 11.0. The third-order valence-corrected chi connectivity index (χ3v) is 3.91. The lowest BCUT2D eigenvalue weighted by Gasteiger charge is -2.08. The van der Waals surface area contributed by atoms with Gasteiger partial charge in [0.1, 0.15) is 18.1 Å². The summed E-state index contributed by atoms with van der Waals surface area (Å²) in [6.07, 6.45) is 0. The molecular weight excluding hydrogens is 316 g/mol. The number of benzene rings is 2. The normalized spacial score (nSPS) is 10.5. The Labute approximate surface area is 146 Å². The van der Waals surface area contributed by atoms with Crippen molar-refractivity contribution < 1.29 is 14.1 Å². The highest BCUT2D eigenvalue weighted by molar-refractivity contribution is 6.03. The van der Waals surface area contributed by atoms with Crippen LogP contribution in [0.25, 0.3) is 0 Å². The third kappa shape index (κ3) is 4.07. The summed E-state index contributed by atoms with van der Waals surface area (Å²) in [5.41, 5.74) is 3.88. The molecule has 1 N–H and O–H groups in total. The molecule has 0 fully saturated rings. The molecular formula is C20H20N2O3. The largest absolute Gasteiger partial charge is 0.489 e. The molecule has 0 spiro atoms. The number of hydrogen-bond donors (Lipinski definition) is 1. The van der Waals surface area contributed by atoms with Crippen molar-refractivity contribution in [3.63, 3.8) is 0 Å². The lowest BCUT2D eigenvalue weighted by molar-refractivity contribution is 0.101. The van der Waals surface area contributed by atoms with Gasteiger partial charge in [-0.1, -0.05) is 40.5 Å². The van der Waals surface area contributed by atoms with Gasteiger partial charge in [-0.2, -0.15) is 0 Å². The fraction of sp³-hybridized carbons (Fsp3) is 0.200. The highest BCUT2D eigenvalue weighted by Gasteiger charge is 2.20. The first-order valence-electron chi connectivity index (χ1n) is 8.05. The second kappa shape index (κ2) is 7.21. The van der Waals surface area contributed by atoms with E-state index in [2.05, 4.69) is 10.5 Å². The van der Waals surface area contributed by atoms with E-state index in [-0.39, 0.29) is 18.2 Å². The van der Waals surface area contributed by atoms with Crippen molar-refractivity contribution in [1.29, 1.82) is 0 Å². The van der Waals surface area contributed by atoms with Crippen molar-refractivity contribution in [1.82, 2.24) is 5.16 Å². The number of hydrogen-bond acceptors (Lipinski definition) is 4. The molecule has 0 radical (unpaired) electrons. The van der Waals surface area contributed by atoms with Gasteiger partial charge >= 0.3 is 0 Å². The molecule has 0 bridgehead atoms. The van der Waals surface area contributed by atoms with Crippen LogP contribution in [0.4, 0.5) is 5.69 Å². The van der Waals surface area contributed by atoms with Gasteiger partial charge in [0, 0.05) is 5.69 Å². The first kappa shape index (κ1) is 16.8. The minimum Gasteiger partial charge on any atom is -0.489 e. The molecule has 0 atom stereocenters. The Bertz CT molecular complexity index is 865. The van der Waals surface area contributed by atoms with E-state index in [0.29, 0.717) is 17.0 Å². The Morgan fingerprint density at radius 3 is 2.24 bits per heavy atom. The minimum absolute atomic E-state index is 0.217. The molecule has 128 valence electrons. The van der Waals surface area contributed by atoms with Crippen LogP contribution in [-0.4, -0.2) is 11.1 Å². The van der Waals surface area contributed by atoms with E-state index in [9.17, 15) is 4.79 Å². The number of rotatable bonds is 5. The molecule has 5 heteroatoms. The van der Waals surface area contributed by atoms with E-state index < -0.39 is 0 Å². The molecule has 1 heterocycles. The quantitative estimate of drug-likeness (QED) is 0.748. The molecule has 0 saturated carbocycles. The second-order valence-electron chi connectivity index (χ2n) is 5.99. The van der Waals surface area contributed by atoms with Crippen molar-refractivity contribution in [2.24, 2.45) is 0 Å². The highest BCUT2D eigenvalue weighted by Crippen LogP contribution is 2.19. The van der Waals surface area contributed by atoms with Gasteiger partial charge in [0.2, 0.25) is 0 Å². The summed E-state index contributed by atoms with van der Waals surface area (Å²) in [5, 5.41) is 6.72. The van der Waals surface area contributed by atoms with Crippen molar-refractivity contribution in [3.05, 3.63) is 76.7 Å². The summed E-state index contributed by atoms with van der Waals surface area (Å²) in [5.74, 6) is 0.987. The number of anilines is 1. The van der Waals surface area contributed by atoms with Crippen LogP contribution in [0, 0.1) is 20.8 Å². The number of amides is 1. The number of carbonyl (C=O) groups excluding carboxylic acids is 1. The molecule has 0 aliphatic carbocycles. The highest BCUT2D eigenvalue weighted by atomic mass is 16.5. The van der Waals surface area contributed by atoms with E-state index in [4.69, 9.17) is 9.26 Å². The van der Waals surface area contributed by atoms with Gasteiger partial charge in [0.05, 0.1) is 5.56 Å². The van der Waals surface area contributed by atoms with E-state index >= 15 is 0 Å². The maximum Gasteiger partial charge on any atom is 0.278 e. The molecule has 1 amide bonds. The maximum absolute atomic E-state index is 12.5. The van der Waals surface area contributed by atoms with Crippen LogP contribution in [0.5, 0.6) is 5.75 Å². The standard InChI is InChI=1S/C20H20N2O3/c1-13-4-8-16(9-5-13)21-20(23)19-18(15(3)25-22-19)12-24-17-10-6-14(2)7-11-17/h4-11H,12H2,1-3H3,(H,21,23). The Balaban J connectivity index is 1.72. The molecule has 2 aromatic carbocycles. The first-order valence-corrected chi connectivity index (χ1v) is 8.05. The fourth-order valence-electron chi connectivity index (χ4n) is 2.36. The smallest absolute Gasteiger partial charge is 0.278 e. The Hall–Kier alpha value is -3.08. The van der Waals surface area contributed by atoms with Gasteiger partial charge < -0.3 is 14.6 Å². The van der Waals surface area contributed by atoms with Crippen LogP contribution in [0.2, 0.25) is 0 Å². The van der Waals surface area contributed by atoms with E-state index in [1.807, 2.05) is 62.4 Å². The zero-order chi connectivity index (χ0) is 17.8. The van der Waals surface area contributed by atoms with Gasteiger partial charge in [-0.15, -0.1) is 0 Å². The van der Waals surface area contributed by atoms with Gasteiger partial charge in [0.25, 0.3) is 5.91 Å². The topological polar surface area (TPSA) is 64.4 Å². The molecule has 0 aliphatic heterocycles. The predicted octanol–water partition coefficient (Wildman–Crippen LogP) is 4.43. The summed E-state index contributed by atoms with van der Waals surface area (Å²) in [6.45, 7) is 5.99. The van der Waals surface area contributed by atoms with Crippen LogP contribution in [0.3, 0.4) is 0 Å². The summed E-state index contributed by atoms with van der Waals surface area (Å²) in [4.78, 5) is 12.5. The lowest BCUT2D eigenvalue weighted by Crippen LogP contribution is -2.15. The average Bonchev–Trinajstić information content (AvgIpc) is 2.97. The first-order chi connectivity index (χ1) is 12.0. The molecule has 25 heavy (non-hydrogen) atoms. The van der Waals surface area contributed by atoms with Crippen molar-refractivity contribution in [2.45, 2.75) is 27.4 Å². The van der Waals surface area contributed by atoms with Crippen LogP contribution in [0.1, 0.15) is 32.9 Å². The number of nitrogens with zero attached hydrogens (tertiary/aromatic N) is 1. The monoisotopic (exact) mass is 336 g/mol. The molecule has 5 nitrogen and oxygen atoms in total. The van der Waals surface area contributed by atoms with E-state index in [1.165, 1.54) is 0 Å². The number of aromatic nitrogens is 1. The molecule has 1 aromatic heterocycles. The van der Waals surface area contributed by atoms with Crippen LogP contribution < -0.4 is 10.1 Å². The Morgan fingerprint density at radius 1 is 1.00 bits per heavy atom. The summed E-state index contributed by atoms with van der Waals surface area (Å²) >= 11 is 0. The summed E-state index contributed by atoms with van der Waals surface area (Å²) in [6, 6.07) is 15.3. The lowest BCUT2D eigenvalue weighted by atomic mass is 10.2. The van der Waals surface area contributed by atoms with Crippen LogP contribution in [0.15, 0.2) is 53.1 Å². The van der Waals surface area contributed by atoms with E-state index in [1.54, 1.807) is 6.92 Å². The van der Waals surface area contributed by atoms with Crippen molar-refractivity contribution in [3.8, 4) is 5.75 Å². The minimum atomic E-state index is -0.316. The number of aryl methyl sites for hydroxylation is 3. The number of nitrogens with one attached hydrogen (secondary N) is 1. The predicted molar refractivity (Wildman–Crippen MR) is 95.9 cm³/mol. The zero-order valence-corrected chi connectivity index (χ0v) is 14.5. The fourth-order valence-corrected chi connectivity index (χ4v) is 2.36. The molecule has 3 rings (SSSR count). The Morgan fingerprint density at radius 2 is 1.60 bits per heavy atom. The average molecular weight is 336 g/mol. The van der Waals surface area contributed by atoms with Gasteiger partial charge in [-0.3, -0.25) is 4.79 Å².